The van der Waals surface area contributed by atoms with E-state index >= 15 is 0 Å². The molecule has 3 nitrogen and oxygen atoms in total. The molecule has 1 aromatic carbocycles. The molecule has 0 bridgehead atoms. The predicted octanol–water partition coefficient (Wildman–Crippen LogP) is 3.37. The van der Waals surface area contributed by atoms with Crippen LogP contribution in [0.4, 0.5) is 0 Å². The second kappa shape index (κ2) is 7.95. The standard InChI is InChI=1S/C17H29NO2S/c1-5-12-18-14-16(15-9-7-6-8-10-15)11-13-21(19,20)17(2,3)4/h6-10,16,18H,5,11-14H2,1-4H3. The molecule has 0 saturated carbocycles. The van der Waals surface area contributed by atoms with Crippen LogP contribution in [-0.2, 0) is 9.84 Å². The zero-order valence-corrected chi connectivity index (χ0v) is 14.5. The van der Waals surface area contributed by atoms with Crippen molar-refractivity contribution in [3.05, 3.63) is 35.9 Å². The molecule has 0 saturated heterocycles. The first-order valence-electron chi connectivity index (χ1n) is 7.76. The zero-order valence-electron chi connectivity index (χ0n) is 13.7. The van der Waals surface area contributed by atoms with E-state index < -0.39 is 14.6 Å². The monoisotopic (exact) mass is 311 g/mol. The van der Waals surface area contributed by atoms with Crippen LogP contribution in [0.5, 0.6) is 0 Å². The van der Waals surface area contributed by atoms with Crippen LogP contribution in [0.3, 0.4) is 0 Å². The summed E-state index contributed by atoms with van der Waals surface area (Å²) in [4.78, 5) is 0. The molecule has 1 N–H and O–H groups in total. The highest BCUT2D eigenvalue weighted by Gasteiger charge is 2.29. The van der Waals surface area contributed by atoms with Gasteiger partial charge in [-0.25, -0.2) is 8.42 Å². The lowest BCUT2D eigenvalue weighted by Gasteiger charge is -2.23. The van der Waals surface area contributed by atoms with Gasteiger partial charge in [0.2, 0.25) is 0 Å². The maximum atomic E-state index is 12.3. The summed E-state index contributed by atoms with van der Waals surface area (Å²) < 4.78 is 23.9. The molecule has 0 spiro atoms. The Labute approximate surface area is 130 Å². The van der Waals surface area contributed by atoms with Gasteiger partial charge in [0, 0.05) is 6.54 Å². The van der Waals surface area contributed by atoms with E-state index in [-0.39, 0.29) is 11.7 Å². The van der Waals surface area contributed by atoms with Gasteiger partial charge in [-0.15, -0.1) is 0 Å². The number of rotatable bonds is 8. The van der Waals surface area contributed by atoms with Gasteiger partial charge in [0.25, 0.3) is 0 Å². The summed E-state index contributed by atoms with van der Waals surface area (Å²) in [6.45, 7) is 9.25. The lowest BCUT2D eigenvalue weighted by molar-refractivity contribution is 0.537. The van der Waals surface area contributed by atoms with Crippen LogP contribution in [0.15, 0.2) is 30.3 Å². The van der Waals surface area contributed by atoms with E-state index in [1.807, 2.05) is 18.2 Å². The van der Waals surface area contributed by atoms with Crippen molar-refractivity contribution >= 4 is 9.84 Å². The molecule has 0 aliphatic heterocycles. The van der Waals surface area contributed by atoms with E-state index in [9.17, 15) is 8.42 Å². The smallest absolute Gasteiger partial charge is 0.155 e. The van der Waals surface area contributed by atoms with Gasteiger partial charge < -0.3 is 5.32 Å². The Kier molecular flexibility index (Phi) is 6.88. The Morgan fingerprint density at radius 3 is 2.29 bits per heavy atom. The minimum absolute atomic E-state index is 0.240. The van der Waals surface area contributed by atoms with Crippen LogP contribution in [0.2, 0.25) is 0 Å². The Bertz CT molecular complexity index is 503. The average Bonchev–Trinajstić information content (AvgIpc) is 2.42. The molecule has 0 heterocycles. The lowest BCUT2D eigenvalue weighted by atomic mass is 9.96. The second-order valence-electron chi connectivity index (χ2n) is 6.53. The predicted molar refractivity (Wildman–Crippen MR) is 90.5 cm³/mol. The normalized spacial score (nSPS) is 14.1. The van der Waals surface area contributed by atoms with E-state index in [1.165, 1.54) is 5.56 Å². The maximum Gasteiger partial charge on any atom is 0.155 e. The third kappa shape index (κ3) is 5.79. The van der Waals surface area contributed by atoms with Crippen LogP contribution in [-0.4, -0.2) is 32.0 Å². The fraction of sp³-hybridized carbons (Fsp3) is 0.647. The van der Waals surface area contributed by atoms with Crippen LogP contribution < -0.4 is 5.32 Å². The molecule has 0 amide bonds. The quantitative estimate of drug-likeness (QED) is 0.749. The Hall–Kier alpha value is -0.870. The number of nitrogens with one attached hydrogen (secondary N) is 1. The van der Waals surface area contributed by atoms with Crippen LogP contribution in [0.1, 0.15) is 52.0 Å². The van der Waals surface area contributed by atoms with Crippen molar-refractivity contribution in [1.82, 2.24) is 5.32 Å². The number of benzene rings is 1. The highest BCUT2D eigenvalue weighted by Crippen LogP contribution is 2.23. The fourth-order valence-electron chi connectivity index (χ4n) is 2.17. The molecule has 0 aliphatic rings. The van der Waals surface area contributed by atoms with Crippen molar-refractivity contribution in [2.45, 2.75) is 51.2 Å². The highest BCUT2D eigenvalue weighted by molar-refractivity contribution is 7.92. The SMILES string of the molecule is CCCNCC(CCS(=O)(=O)C(C)(C)C)c1ccccc1. The van der Waals surface area contributed by atoms with Crippen LogP contribution in [0.25, 0.3) is 0 Å². The molecule has 1 atom stereocenters. The molecule has 1 aromatic rings. The van der Waals surface area contributed by atoms with Gasteiger partial charge in [-0.05, 0) is 51.6 Å². The average molecular weight is 311 g/mol. The summed E-state index contributed by atoms with van der Waals surface area (Å²) in [5, 5.41) is 3.41. The minimum atomic E-state index is -3.06. The van der Waals surface area contributed by atoms with E-state index in [0.29, 0.717) is 6.42 Å². The maximum absolute atomic E-state index is 12.3. The fourth-order valence-corrected chi connectivity index (χ4v) is 3.38. The van der Waals surface area contributed by atoms with Crippen LogP contribution in [0, 0.1) is 0 Å². The Morgan fingerprint density at radius 1 is 1.14 bits per heavy atom. The molecular weight excluding hydrogens is 282 g/mol. The summed E-state index contributed by atoms with van der Waals surface area (Å²) in [6, 6.07) is 10.2. The summed E-state index contributed by atoms with van der Waals surface area (Å²) in [5.41, 5.74) is 1.21. The first kappa shape index (κ1) is 18.2. The first-order chi connectivity index (χ1) is 9.78. The molecule has 4 heteroatoms. The van der Waals surface area contributed by atoms with Gasteiger partial charge in [-0.3, -0.25) is 0 Å². The molecule has 0 fully saturated rings. The van der Waals surface area contributed by atoms with Gasteiger partial charge in [0.1, 0.15) is 0 Å². The molecule has 0 aromatic heterocycles. The number of hydrogen-bond donors (Lipinski definition) is 1. The Morgan fingerprint density at radius 2 is 1.76 bits per heavy atom. The Balaban J connectivity index is 2.75. The molecule has 1 unspecified atom stereocenters. The number of hydrogen-bond acceptors (Lipinski definition) is 3. The van der Waals surface area contributed by atoms with Gasteiger partial charge >= 0.3 is 0 Å². The second-order valence-corrected chi connectivity index (χ2v) is 9.39. The third-order valence-electron chi connectivity index (χ3n) is 3.76. The summed E-state index contributed by atoms with van der Waals surface area (Å²) in [6.07, 6.45) is 1.75. The summed E-state index contributed by atoms with van der Waals surface area (Å²) in [5.74, 6) is 0.485. The molecule has 0 aliphatic carbocycles. The lowest BCUT2D eigenvalue weighted by Crippen LogP contribution is -2.32. The first-order valence-corrected chi connectivity index (χ1v) is 9.41. The molecule has 1 rings (SSSR count). The highest BCUT2D eigenvalue weighted by atomic mass is 32.2. The van der Waals surface area contributed by atoms with Gasteiger partial charge in [0.15, 0.2) is 9.84 Å². The zero-order chi connectivity index (χ0) is 15.9. The molecule has 0 radical (unpaired) electrons. The van der Waals surface area contributed by atoms with E-state index in [2.05, 4.69) is 24.4 Å². The summed E-state index contributed by atoms with van der Waals surface area (Å²) >= 11 is 0. The van der Waals surface area contributed by atoms with Crippen molar-refractivity contribution in [1.29, 1.82) is 0 Å². The van der Waals surface area contributed by atoms with Crippen molar-refractivity contribution in [2.75, 3.05) is 18.8 Å². The molecular formula is C17H29NO2S. The number of sulfone groups is 1. The minimum Gasteiger partial charge on any atom is -0.316 e. The topological polar surface area (TPSA) is 46.2 Å². The van der Waals surface area contributed by atoms with Crippen molar-refractivity contribution in [3.63, 3.8) is 0 Å². The van der Waals surface area contributed by atoms with Gasteiger partial charge in [0.05, 0.1) is 10.5 Å². The largest absolute Gasteiger partial charge is 0.316 e. The summed E-state index contributed by atoms with van der Waals surface area (Å²) in [7, 11) is -3.06. The van der Waals surface area contributed by atoms with Crippen LogP contribution >= 0.6 is 0 Å². The van der Waals surface area contributed by atoms with Gasteiger partial charge in [-0.2, -0.15) is 0 Å². The van der Waals surface area contributed by atoms with Crippen molar-refractivity contribution in [3.8, 4) is 0 Å². The van der Waals surface area contributed by atoms with Crippen molar-refractivity contribution in [2.24, 2.45) is 0 Å². The van der Waals surface area contributed by atoms with Gasteiger partial charge in [-0.1, -0.05) is 37.3 Å². The van der Waals surface area contributed by atoms with E-state index in [1.54, 1.807) is 20.8 Å². The van der Waals surface area contributed by atoms with E-state index in [4.69, 9.17) is 0 Å². The molecule has 21 heavy (non-hydrogen) atoms. The third-order valence-corrected chi connectivity index (χ3v) is 6.40. The molecule has 120 valence electrons. The van der Waals surface area contributed by atoms with E-state index in [0.717, 1.165) is 19.5 Å². The van der Waals surface area contributed by atoms with Crippen molar-refractivity contribution < 1.29 is 8.42 Å².